The van der Waals surface area contributed by atoms with Crippen LogP contribution in [0.4, 0.5) is 19.1 Å². The van der Waals surface area contributed by atoms with Crippen molar-refractivity contribution in [2.24, 2.45) is 0 Å². The van der Waals surface area contributed by atoms with Crippen molar-refractivity contribution in [2.75, 3.05) is 5.32 Å². The first-order valence-corrected chi connectivity index (χ1v) is 3.39. The van der Waals surface area contributed by atoms with E-state index in [1.165, 1.54) is 5.32 Å². The van der Waals surface area contributed by atoms with Gasteiger partial charge in [0.2, 0.25) is 5.88 Å². The molecule has 82 valence electrons. The highest BCUT2D eigenvalue weighted by Crippen LogP contribution is 2.18. The predicted octanol–water partition coefficient (Wildman–Crippen LogP) is 0.874. The predicted molar refractivity (Wildman–Crippen MR) is 38.1 cm³/mol. The second-order valence-corrected chi connectivity index (χ2v) is 2.33. The minimum atomic E-state index is -5.07. The van der Waals surface area contributed by atoms with Gasteiger partial charge in [-0.2, -0.15) is 13.2 Å². The number of nitrogens with zero attached hydrogens (tertiary/aromatic N) is 1. The van der Waals surface area contributed by atoms with Gasteiger partial charge in [-0.25, -0.2) is 4.79 Å². The van der Waals surface area contributed by atoms with E-state index in [0.717, 1.165) is 0 Å². The molecule has 9 heteroatoms. The molecule has 1 aromatic heterocycles. The fourth-order valence-electron chi connectivity index (χ4n) is 0.618. The molecule has 6 nitrogen and oxygen atoms in total. The standard InChI is InChI=1S/C6H3F3N2O4/c7-6(8,9)5(14)10-3-1-2(4(12)13)11-15-3/h1H,(H,10,14)(H,12,13). The molecule has 0 atom stereocenters. The van der Waals surface area contributed by atoms with Crippen LogP contribution in [0.3, 0.4) is 0 Å². The van der Waals surface area contributed by atoms with Crippen molar-refractivity contribution in [1.82, 2.24) is 5.16 Å². The van der Waals surface area contributed by atoms with Crippen molar-refractivity contribution in [3.8, 4) is 0 Å². The fraction of sp³-hybridized carbons (Fsp3) is 0.167. The summed E-state index contributed by atoms with van der Waals surface area (Å²) in [5.41, 5.74) is -0.604. The summed E-state index contributed by atoms with van der Waals surface area (Å²) in [6.45, 7) is 0. The molecule has 0 spiro atoms. The monoisotopic (exact) mass is 224 g/mol. The summed E-state index contributed by atoms with van der Waals surface area (Å²) < 4.78 is 39.3. The molecule has 0 aliphatic heterocycles. The third-order valence-corrected chi connectivity index (χ3v) is 1.22. The highest BCUT2D eigenvalue weighted by molar-refractivity contribution is 5.94. The number of alkyl halides is 3. The topological polar surface area (TPSA) is 92.4 Å². The van der Waals surface area contributed by atoms with Gasteiger partial charge in [0.15, 0.2) is 5.69 Å². The number of amides is 1. The Morgan fingerprint density at radius 2 is 2.07 bits per heavy atom. The number of rotatable bonds is 2. The van der Waals surface area contributed by atoms with Crippen molar-refractivity contribution < 1.29 is 32.4 Å². The first-order chi connectivity index (χ1) is 6.80. The van der Waals surface area contributed by atoms with Crippen LogP contribution in [0, 0.1) is 0 Å². The van der Waals surface area contributed by atoms with E-state index in [1.807, 2.05) is 0 Å². The zero-order valence-electron chi connectivity index (χ0n) is 6.83. The molecule has 0 aliphatic rings. The lowest BCUT2D eigenvalue weighted by atomic mass is 10.4. The molecule has 2 N–H and O–H groups in total. The van der Waals surface area contributed by atoms with E-state index in [2.05, 4.69) is 9.68 Å². The summed E-state index contributed by atoms with van der Waals surface area (Å²) in [7, 11) is 0. The van der Waals surface area contributed by atoms with E-state index in [9.17, 15) is 22.8 Å². The largest absolute Gasteiger partial charge is 0.476 e. The maximum Gasteiger partial charge on any atom is 0.471 e. The van der Waals surface area contributed by atoms with E-state index >= 15 is 0 Å². The Morgan fingerprint density at radius 3 is 2.47 bits per heavy atom. The Bertz CT molecular complexity index is 397. The van der Waals surface area contributed by atoms with Gasteiger partial charge in [0.25, 0.3) is 0 Å². The van der Waals surface area contributed by atoms with Gasteiger partial charge < -0.3 is 9.63 Å². The van der Waals surface area contributed by atoms with Crippen LogP contribution in [0.1, 0.15) is 10.5 Å². The number of aromatic carboxylic acids is 1. The maximum absolute atomic E-state index is 11.7. The van der Waals surface area contributed by atoms with Crippen molar-refractivity contribution >= 4 is 17.8 Å². The summed E-state index contributed by atoms with van der Waals surface area (Å²) in [6.07, 6.45) is -5.07. The Kier molecular flexibility index (Phi) is 2.64. The van der Waals surface area contributed by atoms with Crippen LogP contribution in [-0.4, -0.2) is 28.3 Å². The van der Waals surface area contributed by atoms with E-state index < -0.39 is 29.6 Å². The van der Waals surface area contributed by atoms with Crippen molar-refractivity contribution in [3.05, 3.63) is 11.8 Å². The average molecular weight is 224 g/mol. The molecule has 15 heavy (non-hydrogen) atoms. The molecule has 0 aliphatic carbocycles. The summed E-state index contributed by atoms with van der Waals surface area (Å²) in [4.78, 5) is 20.6. The Morgan fingerprint density at radius 1 is 1.47 bits per heavy atom. The average Bonchev–Trinajstić information content (AvgIpc) is 2.50. The van der Waals surface area contributed by atoms with Crippen LogP contribution in [0.25, 0.3) is 0 Å². The van der Waals surface area contributed by atoms with Crippen molar-refractivity contribution in [3.63, 3.8) is 0 Å². The van der Waals surface area contributed by atoms with Crippen LogP contribution >= 0.6 is 0 Å². The van der Waals surface area contributed by atoms with Gasteiger partial charge >= 0.3 is 18.1 Å². The van der Waals surface area contributed by atoms with Crippen LogP contribution in [0.2, 0.25) is 0 Å². The van der Waals surface area contributed by atoms with E-state index in [1.54, 1.807) is 0 Å². The third kappa shape index (κ3) is 2.69. The van der Waals surface area contributed by atoms with Crippen LogP contribution < -0.4 is 5.32 Å². The Hall–Kier alpha value is -2.06. The lowest BCUT2D eigenvalue weighted by Crippen LogP contribution is -2.29. The summed E-state index contributed by atoms with van der Waals surface area (Å²) in [5.74, 6) is -4.43. The number of carboxylic acid groups (broad SMARTS) is 1. The zero-order chi connectivity index (χ0) is 11.6. The Balaban J connectivity index is 2.74. The lowest BCUT2D eigenvalue weighted by Gasteiger charge is -2.03. The Labute approximate surface area is 79.7 Å². The maximum atomic E-state index is 11.7. The zero-order valence-corrected chi connectivity index (χ0v) is 6.83. The number of anilines is 1. The van der Waals surface area contributed by atoms with Crippen LogP contribution in [0.5, 0.6) is 0 Å². The second kappa shape index (κ2) is 3.59. The van der Waals surface area contributed by atoms with E-state index in [0.29, 0.717) is 6.07 Å². The molecule has 1 aromatic rings. The first-order valence-electron chi connectivity index (χ1n) is 3.39. The molecular weight excluding hydrogens is 221 g/mol. The summed E-state index contributed by atoms with van der Waals surface area (Å²) >= 11 is 0. The summed E-state index contributed by atoms with van der Waals surface area (Å²) in [5, 5.41) is 12.5. The number of nitrogens with one attached hydrogen (secondary N) is 1. The van der Waals surface area contributed by atoms with E-state index in [4.69, 9.17) is 5.11 Å². The number of halogens is 3. The number of carbonyl (C=O) groups is 2. The van der Waals surface area contributed by atoms with Gasteiger partial charge in [-0.05, 0) is 0 Å². The number of hydrogen-bond acceptors (Lipinski definition) is 4. The van der Waals surface area contributed by atoms with Crippen molar-refractivity contribution in [1.29, 1.82) is 0 Å². The molecule has 0 bridgehead atoms. The molecule has 0 unspecified atom stereocenters. The number of aromatic nitrogens is 1. The van der Waals surface area contributed by atoms with Gasteiger partial charge in [0.05, 0.1) is 0 Å². The third-order valence-electron chi connectivity index (χ3n) is 1.22. The highest BCUT2D eigenvalue weighted by Gasteiger charge is 2.39. The van der Waals surface area contributed by atoms with Gasteiger partial charge in [-0.15, -0.1) is 0 Å². The number of hydrogen-bond donors (Lipinski definition) is 2. The molecule has 0 radical (unpaired) electrons. The number of carbonyl (C=O) groups excluding carboxylic acids is 1. The van der Waals surface area contributed by atoms with Gasteiger partial charge in [0, 0.05) is 6.07 Å². The molecule has 0 fully saturated rings. The molecular formula is C6H3F3N2O4. The molecule has 1 amide bonds. The van der Waals surface area contributed by atoms with E-state index in [-0.39, 0.29) is 0 Å². The SMILES string of the molecule is O=C(O)c1cc(NC(=O)C(F)(F)F)on1. The lowest BCUT2D eigenvalue weighted by molar-refractivity contribution is -0.167. The minimum absolute atomic E-state index is 0.604. The van der Waals surface area contributed by atoms with Crippen molar-refractivity contribution in [2.45, 2.75) is 6.18 Å². The fourth-order valence-corrected chi connectivity index (χ4v) is 0.618. The van der Waals surface area contributed by atoms with Gasteiger partial charge in [-0.1, -0.05) is 5.16 Å². The van der Waals surface area contributed by atoms with Crippen LogP contribution in [-0.2, 0) is 4.79 Å². The molecule has 1 rings (SSSR count). The highest BCUT2D eigenvalue weighted by atomic mass is 19.4. The first kappa shape index (κ1) is 11.0. The smallest absolute Gasteiger partial charge is 0.471 e. The number of carboxylic acids is 1. The molecule has 0 aromatic carbocycles. The minimum Gasteiger partial charge on any atom is -0.476 e. The normalized spacial score (nSPS) is 11.1. The summed E-state index contributed by atoms with van der Waals surface area (Å²) in [6, 6.07) is 0.659. The van der Waals surface area contributed by atoms with Gasteiger partial charge in [-0.3, -0.25) is 10.1 Å². The molecule has 0 saturated carbocycles. The quantitative estimate of drug-likeness (QED) is 0.777. The van der Waals surface area contributed by atoms with Crippen LogP contribution in [0.15, 0.2) is 10.6 Å². The second-order valence-electron chi connectivity index (χ2n) is 2.33. The molecule has 0 saturated heterocycles. The molecule has 1 heterocycles. The van der Waals surface area contributed by atoms with Gasteiger partial charge in [0.1, 0.15) is 0 Å².